The number of nitrogens with zero attached hydrogens (tertiary/aromatic N) is 1. The lowest BCUT2D eigenvalue weighted by atomic mass is 10.2. The molecule has 1 N–H and O–H groups in total. The molecule has 1 aliphatic rings. The van der Waals surface area contributed by atoms with E-state index < -0.39 is 0 Å². The normalized spacial score (nSPS) is 22.8. The summed E-state index contributed by atoms with van der Waals surface area (Å²) in [6, 6.07) is 3.73. The molecule has 2 heterocycles. The summed E-state index contributed by atoms with van der Waals surface area (Å²) < 4.78 is 6.16. The first kappa shape index (κ1) is 11.7. The van der Waals surface area contributed by atoms with Crippen LogP contribution < -0.4 is 5.32 Å². The van der Waals surface area contributed by atoms with E-state index in [1.165, 1.54) is 0 Å². The molecule has 4 nitrogen and oxygen atoms in total. The van der Waals surface area contributed by atoms with Crippen molar-refractivity contribution in [1.82, 2.24) is 10.2 Å². The Morgan fingerprint density at radius 3 is 2.88 bits per heavy atom. The Labute approximate surface area is 103 Å². The van der Waals surface area contributed by atoms with Crippen LogP contribution in [0.1, 0.15) is 25.1 Å². The summed E-state index contributed by atoms with van der Waals surface area (Å²) in [4.78, 5) is 13.5. The van der Waals surface area contributed by atoms with Gasteiger partial charge in [0.2, 0.25) is 5.91 Å². The Balaban J connectivity index is 1.97. The number of amides is 1. The fourth-order valence-electron chi connectivity index (χ4n) is 1.92. The standard InChI is InChI=1S/C11H15BrN2O2/c1-7(9-3-4-10(12)16-9)13-8-5-6-14(2)11(8)15/h3-4,7-8,13H,5-6H2,1-2H3. The third-order valence-electron chi connectivity index (χ3n) is 2.90. The highest BCUT2D eigenvalue weighted by atomic mass is 79.9. The molecule has 0 radical (unpaired) electrons. The predicted octanol–water partition coefficient (Wildman–Crippen LogP) is 1.92. The molecule has 1 aromatic rings. The summed E-state index contributed by atoms with van der Waals surface area (Å²) >= 11 is 3.26. The molecule has 2 atom stereocenters. The van der Waals surface area contributed by atoms with Crippen molar-refractivity contribution in [3.63, 3.8) is 0 Å². The van der Waals surface area contributed by atoms with E-state index in [1.54, 1.807) is 4.90 Å². The van der Waals surface area contributed by atoms with Crippen LogP contribution in [0.3, 0.4) is 0 Å². The van der Waals surface area contributed by atoms with E-state index in [4.69, 9.17) is 4.42 Å². The maximum atomic E-state index is 11.7. The van der Waals surface area contributed by atoms with Crippen LogP contribution in [0.15, 0.2) is 21.2 Å². The zero-order valence-electron chi connectivity index (χ0n) is 9.37. The van der Waals surface area contributed by atoms with Crippen molar-refractivity contribution in [2.45, 2.75) is 25.4 Å². The molecule has 0 aromatic carbocycles. The van der Waals surface area contributed by atoms with E-state index >= 15 is 0 Å². The van der Waals surface area contributed by atoms with Gasteiger partial charge in [0, 0.05) is 13.6 Å². The second-order valence-corrected chi connectivity index (χ2v) is 4.91. The average Bonchev–Trinajstić information content (AvgIpc) is 2.79. The number of likely N-dealkylation sites (N-methyl/N-ethyl adjacent to an activating group) is 1. The lowest BCUT2D eigenvalue weighted by molar-refractivity contribution is -0.128. The molecule has 1 saturated heterocycles. The monoisotopic (exact) mass is 286 g/mol. The van der Waals surface area contributed by atoms with Crippen molar-refractivity contribution in [3.05, 3.63) is 22.6 Å². The molecule has 2 rings (SSSR count). The Bertz CT molecular complexity index is 391. The van der Waals surface area contributed by atoms with E-state index in [2.05, 4.69) is 21.2 Å². The van der Waals surface area contributed by atoms with Crippen LogP contribution in [-0.4, -0.2) is 30.4 Å². The van der Waals surface area contributed by atoms with Gasteiger partial charge in [0.05, 0.1) is 12.1 Å². The van der Waals surface area contributed by atoms with Gasteiger partial charge in [0.25, 0.3) is 0 Å². The van der Waals surface area contributed by atoms with Crippen LogP contribution in [0.4, 0.5) is 0 Å². The minimum atomic E-state index is -0.0797. The number of hydrogen-bond donors (Lipinski definition) is 1. The van der Waals surface area contributed by atoms with Crippen molar-refractivity contribution in [3.8, 4) is 0 Å². The molecular formula is C11H15BrN2O2. The van der Waals surface area contributed by atoms with Crippen molar-refractivity contribution < 1.29 is 9.21 Å². The summed E-state index contributed by atoms with van der Waals surface area (Å²) in [7, 11) is 1.83. The highest BCUT2D eigenvalue weighted by molar-refractivity contribution is 9.10. The second-order valence-electron chi connectivity index (χ2n) is 4.13. The Kier molecular flexibility index (Phi) is 3.35. The van der Waals surface area contributed by atoms with Gasteiger partial charge in [-0.05, 0) is 41.4 Å². The number of likely N-dealkylation sites (tertiary alicyclic amines) is 1. The molecule has 88 valence electrons. The fraction of sp³-hybridized carbons (Fsp3) is 0.545. The molecule has 0 aliphatic carbocycles. The van der Waals surface area contributed by atoms with Gasteiger partial charge in [-0.25, -0.2) is 0 Å². The predicted molar refractivity (Wildman–Crippen MR) is 64.0 cm³/mol. The maximum Gasteiger partial charge on any atom is 0.239 e. The molecule has 1 fully saturated rings. The van der Waals surface area contributed by atoms with Gasteiger partial charge in [0.15, 0.2) is 4.67 Å². The molecule has 2 unspecified atom stereocenters. The lowest BCUT2D eigenvalue weighted by Gasteiger charge is -2.16. The minimum Gasteiger partial charge on any atom is -0.453 e. The van der Waals surface area contributed by atoms with Crippen molar-refractivity contribution in [2.75, 3.05) is 13.6 Å². The van der Waals surface area contributed by atoms with Gasteiger partial charge in [-0.2, -0.15) is 0 Å². The number of halogens is 1. The third-order valence-corrected chi connectivity index (χ3v) is 3.33. The summed E-state index contributed by atoms with van der Waals surface area (Å²) in [5.41, 5.74) is 0. The third kappa shape index (κ3) is 2.30. The van der Waals surface area contributed by atoms with Crippen molar-refractivity contribution in [1.29, 1.82) is 0 Å². The number of furan rings is 1. The zero-order chi connectivity index (χ0) is 11.7. The molecule has 0 bridgehead atoms. The number of nitrogens with one attached hydrogen (secondary N) is 1. The van der Waals surface area contributed by atoms with Crippen LogP contribution >= 0.6 is 15.9 Å². The first-order valence-electron chi connectivity index (χ1n) is 5.34. The van der Waals surface area contributed by atoms with Crippen molar-refractivity contribution in [2.24, 2.45) is 0 Å². The van der Waals surface area contributed by atoms with Gasteiger partial charge >= 0.3 is 0 Å². The summed E-state index contributed by atoms with van der Waals surface area (Å²) in [5.74, 6) is 1.01. The number of hydrogen-bond acceptors (Lipinski definition) is 3. The minimum absolute atomic E-state index is 0.0479. The van der Waals surface area contributed by atoms with Gasteiger partial charge in [0.1, 0.15) is 5.76 Å². The highest BCUT2D eigenvalue weighted by Gasteiger charge is 2.30. The molecule has 1 amide bonds. The number of carbonyl (C=O) groups excluding carboxylic acids is 1. The SMILES string of the molecule is CC(NC1CCN(C)C1=O)c1ccc(Br)o1. The molecule has 5 heteroatoms. The van der Waals surface area contributed by atoms with Gasteiger partial charge in [-0.3, -0.25) is 10.1 Å². The Hall–Kier alpha value is -0.810. The van der Waals surface area contributed by atoms with Gasteiger partial charge in [-0.1, -0.05) is 0 Å². The summed E-state index contributed by atoms with van der Waals surface area (Å²) in [6.45, 7) is 2.82. The van der Waals surface area contributed by atoms with E-state index in [-0.39, 0.29) is 18.0 Å². The van der Waals surface area contributed by atoms with E-state index in [1.807, 2.05) is 26.1 Å². The molecular weight excluding hydrogens is 272 g/mol. The Morgan fingerprint density at radius 1 is 1.62 bits per heavy atom. The first-order chi connectivity index (χ1) is 7.58. The number of carbonyl (C=O) groups is 1. The topological polar surface area (TPSA) is 45.5 Å². The average molecular weight is 287 g/mol. The van der Waals surface area contributed by atoms with E-state index in [0.717, 1.165) is 18.7 Å². The van der Waals surface area contributed by atoms with Crippen LogP contribution in [0, 0.1) is 0 Å². The summed E-state index contributed by atoms with van der Waals surface area (Å²) in [5, 5.41) is 3.28. The molecule has 1 aliphatic heterocycles. The quantitative estimate of drug-likeness (QED) is 0.924. The van der Waals surface area contributed by atoms with E-state index in [0.29, 0.717) is 4.67 Å². The number of rotatable bonds is 3. The fourth-order valence-corrected chi connectivity index (χ4v) is 2.24. The van der Waals surface area contributed by atoms with E-state index in [9.17, 15) is 4.79 Å². The van der Waals surface area contributed by atoms with Crippen molar-refractivity contribution >= 4 is 21.8 Å². The zero-order valence-corrected chi connectivity index (χ0v) is 11.0. The molecule has 0 spiro atoms. The second kappa shape index (κ2) is 4.59. The van der Waals surface area contributed by atoms with Crippen LogP contribution in [0.25, 0.3) is 0 Å². The molecule has 1 aromatic heterocycles. The largest absolute Gasteiger partial charge is 0.453 e. The summed E-state index contributed by atoms with van der Waals surface area (Å²) in [6.07, 6.45) is 0.863. The van der Waals surface area contributed by atoms with Crippen LogP contribution in [0.2, 0.25) is 0 Å². The smallest absolute Gasteiger partial charge is 0.239 e. The molecule has 0 saturated carbocycles. The van der Waals surface area contributed by atoms with Crippen LogP contribution in [-0.2, 0) is 4.79 Å². The van der Waals surface area contributed by atoms with Gasteiger partial charge in [-0.15, -0.1) is 0 Å². The first-order valence-corrected chi connectivity index (χ1v) is 6.13. The maximum absolute atomic E-state index is 11.7. The lowest BCUT2D eigenvalue weighted by Crippen LogP contribution is -2.38. The Morgan fingerprint density at radius 2 is 2.38 bits per heavy atom. The molecule has 16 heavy (non-hydrogen) atoms. The van der Waals surface area contributed by atoms with Crippen LogP contribution in [0.5, 0.6) is 0 Å². The highest BCUT2D eigenvalue weighted by Crippen LogP contribution is 2.21. The van der Waals surface area contributed by atoms with Gasteiger partial charge < -0.3 is 9.32 Å².